The standard InChI is InChI=1S/C34H28N6O4.2C7H8O3S/c1-39-21-5-3-7-29(39)37-33(43)25-13-17-27(18-14-25)35-31(41)23-9-11-24(12-10-23)32(42)36-28-19-15-26(16-20-28)34(44)38-30-8-4-6-22-40(30)2;2*1-6-2-4-7(5-3-6)11(8,9)10/h3-22H,1-2H3,(H2,35,36,41,42,43,44);2*2-5H,1H3,(H,8,9,10). The van der Waals surface area contributed by atoms with E-state index in [0.29, 0.717) is 45.3 Å². The molecule has 5 aromatic carbocycles. The second-order valence-corrected chi connectivity index (χ2v) is 17.2. The van der Waals surface area contributed by atoms with Crippen LogP contribution < -0.4 is 30.4 Å². The van der Waals surface area contributed by atoms with E-state index in [9.17, 15) is 45.1 Å². The highest BCUT2D eigenvalue weighted by Crippen LogP contribution is 2.16. The first-order chi connectivity index (χ1) is 31.3. The quantitative estimate of drug-likeness (QED) is 0.0902. The first kappa shape index (κ1) is 49.1. The van der Waals surface area contributed by atoms with Crippen LogP contribution in [0.2, 0.25) is 0 Å². The van der Waals surface area contributed by atoms with E-state index in [-0.39, 0.29) is 33.4 Å². The van der Waals surface area contributed by atoms with Crippen molar-refractivity contribution in [3.05, 3.63) is 203 Å². The number of nitrogens with zero attached hydrogens (tertiary/aromatic N) is 2. The van der Waals surface area contributed by atoms with E-state index >= 15 is 0 Å². The summed E-state index contributed by atoms with van der Waals surface area (Å²) in [5.41, 5.74) is 4.52. The average Bonchev–Trinajstić information content (AvgIpc) is 3.28. The largest absolute Gasteiger partial charge is 0.744 e. The van der Waals surface area contributed by atoms with Gasteiger partial charge in [0.05, 0.1) is 47.4 Å². The number of benzene rings is 5. The van der Waals surface area contributed by atoms with E-state index in [4.69, 9.17) is 0 Å². The fraction of sp³-hybridized carbons (Fsp3) is 0.0833. The highest BCUT2D eigenvalue weighted by molar-refractivity contribution is 7.86. The van der Waals surface area contributed by atoms with Crippen molar-refractivity contribution in [2.75, 3.05) is 21.3 Å². The van der Waals surface area contributed by atoms with E-state index in [2.05, 4.69) is 21.3 Å². The van der Waals surface area contributed by atoms with Crippen LogP contribution in [0.5, 0.6) is 0 Å². The molecule has 0 aliphatic rings. The van der Waals surface area contributed by atoms with Gasteiger partial charge in [0.25, 0.3) is 23.5 Å². The highest BCUT2D eigenvalue weighted by Gasteiger charge is 2.17. The van der Waals surface area contributed by atoms with Gasteiger partial charge in [0.1, 0.15) is 20.2 Å². The van der Waals surface area contributed by atoms with Gasteiger partial charge in [-0.1, -0.05) is 47.5 Å². The van der Waals surface area contributed by atoms with Crippen molar-refractivity contribution in [1.29, 1.82) is 0 Å². The van der Waals surface area contributed by atoms with Crippen molar-refractivity contribution in [3.8, 4) is 0 Å². The predicted molar refractivity (Wildman–Crippen MR) is 245 cm³/mol. The van der Waals surface area contributed by atoms with Crippen LogP contribution in [0.4, 0.5) is 23.0 Å². The molecule has 0 saturated heterocycles. The summed E-state index contributed by atoms with van der Waals surface area (Å²) in [5, 5.41) is 11.3. The van der Waals surface area contributed by atoms with Gasteiger partial charge in [-0.05, 0) is 123 Å². The van der Waals surface area contributed by atoms with Gasteiger partial charge in [-0.25, -0.2) is 46.2 Å². The molecule has 4 amide bonds. The van der Waals surface area contributed by atoms with Crippen LogP contribution in [0.3, 0.4) is 0 Å². The molecule has 0 saturated carbocycles. The Morgan fingerprint density at radius 3 is 0.939 bits per heavy atom. The van der Waals surface area contributed by atoms with Gasteiger partial charge in [-0.3, -0.25) is 9.59 Å². The second kappa shape index (κ2) is 22.1. The monoisotopic (exact) mass is 928 g/mol. The minimum absolute atomic E-state index is 0.178. The Balaban J connectivity index is 0.000000301. The average molecular weight is 929 g/mol. The summed E-state index contributed by atoms with van der Waals surface area (Å²) in [5.74, 6) is 0.0622. The first-order valence-corrected chi connectivity index (χ1v) is 22.6. The third kappa shape index (κ3) is 14.6. The molecule has 0 atom stereocenters. The summed E-state index contributed by atoms with van der Waals surface area (Å²) >= 11 is 0. The van der Waals surface area contributed by atoms with Crippen molar-refractivity contribution in [2.45, 2.75) is 23.6 Å². The van der Waals surface area contributed by atoms with E-state index in [1.165, 1.54) is 24.3 Å². The van der Waals surface area contributed by atoms with Crippen LogP contribution >= 0.6 is 0 Å². The molecule has 0 aliphatic heterocycles. The van der Waals surface area contributed by atoms with Crippen LogP contribution in [0, 0.1) is 13.8 Å². The summed E-state index contributed by atoms with van der Waals surface area (Å²) in [6, 6.07) is 41.9. The van der Waals surface area contributed by atoms with Gasteiger partial charge in [0, 0.05) is 34.6 Å². The summed E-state index contributed by atoms with van der Waals surface area (Å²) in [6.45, 7) is 3.64. The van der Waals surface area contributed by atoms with Gasteiger partial charge in [0.2, 0.25) is 0 Å². The third-order valence-electron chi connectivity index (χ3n) is 9.43. The van der Waals surface area contributed by atoms with Crippen molar-refractivity contribution in [2.24, 2.45) is 14.1 Å². The van der Waals surface area contributed by atoms with Crippen LogP contribution in [-0.4, -0.2) is 49.6 Å². The zero-order valence-corrected chi connectivity index (χ0v) is 37.6. The van der Waals surface area contributed by atoms with Gasteiger partial charge >= 0.3 is 11.8 Å². The smallest absolute Gasteiger partial charge is 0.339 e. The predicted octanol–water partition coefficient (Wildman–Crippen LogP) is 6.14. The zero-order valence-electron chi connectivity index (χ0n) is 36.0. The third-order valence-corrected chi connectivity index (χ3v) is 11.1. The Kier molecular flexibility index (Phi) is 16.5. The van der Waals surface area contributed by atoms with Crippen molar-refractivity contribution in [3.63, 3.8) is 0 Å². The molecule has 2 aromatic heterocycles. The fourth-order valence-electron chi connectivity index (χ4n) is 5.68. The number of aryl methyl sites for hydroxylation is 4. The van der Waals surface area contributed by atoms with E-state index in [0.717, 1.165) is 11.1 Å². The molecule has 338 valence electrons. The van der Waals surface area contributed by atoms with E-state index in [1.54, 1.807) is 118 Å². The van der Waals surface area contributed by atoms with Crippen molar-refractivity contribution >= 4 is 66.9 Å². The van der Waals surface area contributed by atoms with Gasteiger partial charge in [-0.15, -0.1) is 0 Å². The van der Waals surface area contributed by atoms with Crippen LogP contribution in [0.25, 0.3) is 0 Å². The lowest BCUT2D eigenvalue weighted by atomic mass is 10.1. The van der Waals surface area contributed by atoms with Crippen molar-refractivity contribution in [1.82, 2.24) is 0 Å². The zero-order chi connectivity index (χ0) is 48.0. The molecule has 0 unspecified atom stereocenters. The number of hydrogen-bond acceptors (Lipinski definition) is 10. The number of pyridine rings is 2. The number of hydrogen-bond donors (Lipinski definition) is 4. The van der Waals surface area contributed by atoms with Gasteiger partial charge in [-0.2, -0.15) is 0 Å². The van der Waals surface area contributed by atoms with Gasteiger partial charge < -0.3 is 19.7 Å². The number of nitrogens with one attached hydrogen (secondary N) is 4. The number of carbonyl (C=O) groups excluding carboxylic acids is 4. The van der Waals surface area contributed by atoms with Crippen LogP contribution in [0.15, 0.2) is 180 Å². The lowest BCUT2D eigenvalue weighted by Gasteiger charge is -2.08. The van der Waals surface area contributed by atoms with Crippen LogP contribution in [0.1, 0.15) is 52.6 Å². The molecule has 18 heteroatoms. The topological polar surface area (TPSA) is 239 Å². The summed E-state index contributed by atoms with van der Waals surface area (Å²) < 4.78 is 65.9. The molecule has 2 heterocycles. The second-order valence-electron chi connectivity index (χ2n) is 14.5. The van der Waals surface area contributed by atoms with E-state index < -0.39 is 20.2 Å². The molecule has 0 spiro atoms. The SMILES string of the molecule is C[n+]1ccccc1NC(=O)c1ccc(NC(=O)c2ccc(C(=O)Nc3ccc(C(=O)Nc4cccc[n+]4C)cc3)cc2)cc1.Cc1ccc(S(=O)(=O)[O-])cc1.Cc1ccc(S(=O)(=O)[O-])cc1. The molecule has 16 nitrogen and oxygen atoms in total. The molecular formula is C48H44N6O10S2. The minimum atomic E-state index is -4.27. The summed E-state index contributed by atoms with van der Waals surface area (Å²) in [4.78, 5) is 50.4. The fourth-order valence-corrected chi connectivity index (χ4v) is 6.62. The van der Waals surface area contributed by atoms with Crippen molar-refractivity contribution < 1.29 is 54.3 Å². The highest BCUT2D eigenvalue weighted by atomic mass is 32.2. The maximum Gasteiger partial charge on any atom is 0.339 e. The molecule has 4 N–H and O–H groups in total. The molecule has 0 fully saturated rings. The van der Waals surface area contributed by atoms with E-state index in [1.807, 2.05) is 64.6 Å². The Bertz CT molecular complexity index is 2850. The number of rotatable bonds is 10. The molecule has 66 heavy (non-hydrogen) atoms. The number of carbonyl (C=O) groups is 4. The molecular weight excluding hydrogens is 885 g/mol. The first-order valence-electron chi connectivity index (χ1n) is 19.8. The Hall–Kier alpha value is -7.90. The summed E-state index contributed by atoms with van der Waals surface area (Å²) in [7, 11) is -4.87. The molecule has 0 radical (unpaired) electrons. The minimum Gasteiger partial charge on any atom is -0.744 e. The normalized spacial score (nSPS) is 10.8. The Morgan fingerprint density at radius 2 is 0.667 bits per heavy atom. The maximum atomic E-state index is 12.8. The van der Waals surface area contributed by atoms with Crippen LogP contribution in [-0.2, 0) is 34.3 Å². The molecule has 0 aliphatic carbocycles. The number of aromatic nitrogens is 2. The molecule has 7 rings (SSSR count). The molecule has 7 aromatic rings. The Labute approximate surface area is 382 Å². The lowest BCUT2D eigenvalue weighted by Crippen LogP contribution is -2.33. The number of amides is 4. The maximum absolute atomic E-state index is 12.8. The molecule has 0 bridgehead atoms. The Morgan fingerprint density at radius 1 is 0.394 bits per heavy atom. The number of anilines is 4. The van der Waals surface area contributed by atoms with Gasteiger partial charge in [0.15, 0.2) is 0 Å². The summed E-state index contributed by atoms with van der Waals surface area (Å²) in [6.07, 6.45) is 3.67. The lowest BCUT2D eigenvalue weighted by molar-refractivity contribution is -0.657.